The Hall–Kier alpha value is -0.600. The van der Waals surface area contributed by atoms with Crippen molar-refractivity contribution in [1.82, 2.24) is 0 Å². The van der Waals surface area contributed by atoms with Gasteiger partial charge >= 0.3 is 5.51 Å². The summed E-state index contributed by atoms with van der Waals surface area (Å²) in [7, 11) is 0. The van der Waals surface area contributed by atoms with Crippen molar-refractivity contribution in [2.75, 3.05) is 0 Å². The summed E-state index contributed by atoms with van der Waals surface area (Å²) in [6.07, 6.45) is 0. The predicted molar refractivity (Wildman–Crippen MR) is 77.9 cm³/mol. The zero-order valence-electron chi connectivity index (χ0n) is 9.86. The molecule has 0 saturated heterocycles. The largest absolute Gasteiger partial charge is 0.446 e. The third kappa shape index (κ3) is 3.98. The zero-order valence-corrected chi connectivity index (χ0v) is 13.9. The molecule has 111 valence electrons. The van der Waals surface area contributed by atoms with Crippen LogP contribution in [0.3, 0.4) is 0 Å². The molecule has 0 saturated carbocycles. The molecule has 0 amide bonds. The number of halogens is 7. The summed E-state index contributed by atoms with van der Waals surface area (Å²) in [4.78, 5) is -0.330. The second-order valence-electron chi connectivity index (χ2n) is 3.81. The first-order valence-electron chi connectivity index (χ1n) is 5.30. The smallest absolute Gasteiger partial charge is 0.206 e. The van der Waals surface area contributed by atoms with Crippen LogP contribution in [0.4, 0.5) is 22.0 Å². The molecular formula is C13H4Br2F5S. The Morgan fingerprint density at radius 1 is 1.00 bits per heavy atom. The molecule has 8 heteroatoms. The van der Waals surface area contributed by atoms with E-state index in [1.54, 1.807) is 0 Å². The fourth-order valence-corrected chi connectivity index (χ4v) is 4.01. The van der Waals surface area contributed by atoms with Gasteiger partial charge in [-0.05, 0) is 45.9 Å². The molecule has 0 atom stereocenters. The van der Waals surface area contributed by atoms with Gasteiger partial charge in [0.2, 0.25) is 0 Å². The van der Waals surface area contributed by atoms with Crippen LogP contribution in [0.25, 0.3) is 11.1 Å². The van der Waals surface area contributed by atoms with Gasteiger partial charge in [0.1, 0.15) is 11.6 Å². The molecule has 1 radical (unpaired) electrons. The number of thioether (sulfide) groups is 1. The summed E-state index contributed by atoms with van der Waals surface area (Å²) < 4.78 is 65.9. The quantitative estimate of drug-likeness (QED) is 0.371. The Balaban J connectivity index is 2.73. The summed E-state index contributed by atoms with van der Waals surface area (Å²) in [5.74, 6) is -1.90. The summed E-state index contributed by atoms with van der Waals surface area (Å²) >= 11 is 5.58. The van der Waals surface area contributed by atoms with E-state index in [1.807, 2.05) is 0 Å². The lowest BCUT2D eigenvalue weighted by Crippen LogP contribution is -2.02. The highest BCUT2D eigenvalue weighted by molar-refractivity contribution is 9.11. The zero-order chi connectivity index (χ0) is 15.8. The lowest BCUT2D eigenvalue weighted by molar-refractivity contribution is -0.0328. The van der Waals surface area contributed by atoms with Crippen molar-refractivity contribution >= 4 is 43.6 Å². The second kappa shape index (κ2) is 6.26. The van der Waals surface area contributed by atoms with Gasteiger partial charge in [0, 0.05) is 25.5 Å². The maximum absolute atomic E-state index is 13.9. The van der Waals surface area contributed by atoms with E-state index in [1.165, 1.54) is 0 Å². The third-order valence-electron chi connectivity index (χ3n) is 2.39. The first kappa shape index (κ1) is 16.8. The van der Waals surface area contributed by atoms with Crippen LogP contribution in [0.15, 0.2) is 38.1 Å². The predicted octanol–water partition coefficient (Wildman–Crippen LogP) is 6.57. The average Bonchev–Trinajstić information content (AvgIpc) is 2.29. The minimum absolute atomic E-state index is 0.0348. The standard InChI is InChI=1S/C13H4Br2F5S/c14-6-4-7(15)11(10(5-6)21-13(18,19)20)12-8(16)2-1-3-9(12)17/h1-3,5H. The highest BCUT2D eigenvalue weighted by atomic mass is 79.9. The van der Waals surface area contributed by atoms with Crippen LogP contribution < -0.4 is 0 Å². The molecule has 0 aromatic heterocycles. The van der Waals surface area contributed by atoms with Crippen LogP contribution in [-0.2, 0) is 0 Å². The Morgan fingerprint density at radius 3 is 2.10 bits per heavy atom. The van der Waals surface area contributed by atoms with Crippen LogP contribution in [0.2, 0.25) is 0 Å². The molecule has 0 spiro atoms. The molecule has 0 heterocycles. The van der Waals surface area contributed by atoms with Crippen LogP contribution in [0.1, 0.15) is 0 Å². The highest BCUT2D eigenvalue weighted by Crippen LogP contribution is 2.46. The van der Waals surface area contributed by atoms with E-state index in [-0.39, 0.29) is 19.4 Å². The van der Waals surface area contributed by atoms with E-state index in [2.05, 4.69) is 37.9 Å². The first-order chi connectivity index (χ1) is 9.69. The van der Waals surface area contributed by atoms with Gasteiger partial charge in [0.15, 0.2) is 0 Å². The van der Waals surface area contributed by atoms with E-state index in [9.17, 15) is 22.0 Å². The fourth-order valence-electron chi connectivity index (χ4n) is 1.67. The van der Waals surface area contributed by atoms with Gasteiger partial charge in [-0.15, -0.1) is 0 Å². The first-order valence-corrected chi connectivity index (χ1v) is 7.70. The van der Waals surface area contributed by atoms with Gasteiger partial charge < -0.3 is 0 Å². The molecule has 0 aliphatic carbocycles. The summed E-state index contributed by atoms with van der Waals surface area (Å²) in [5.41, 5.74) is -5.34. The van der Waals surface area contributed by atoms with Crippen molar-refractivity contribution in [2.24, 2.45) is 0 Å². The Kier molecular flexibility index (Phi) is 4.99. The number of rotatable bonds is 2. The average molecular weight is 447 g/mol. The topological polar surface area (TPSA) is 0 Å². The summed E-state index contributed by atoms with van der Waals surface area (Å²) in [6, 6.07) is 6.85. The van der Waals surface area contributed by atoms with Crippen LogP contribution >= 0.6 is 43.6 Å². The van der Waals surface area contributed by atoms with E-state index >= 15 is 0 Å². The SMILES string of the molecule is Fc1cccc(F)c1-c1c(Br)[c]c(Br)cc1SC(F)(F)F. The second-order valence-corrected chi connectivity index (χ2v) is 6.57. The van der Waals surface area contributed by atoms with Gasteiger partial charge in [-0.1, -0.05) is 22.0 Å². The molecule has 0 nitrogen and oxygen atoms in total. The summed E-state index contributed by atoms with van der Waals surface area (Å²) in [5, 5.41) is 0. The van der Waals surface area contributed by atoms with Gasteiger partial charge in [-0.25, -0.2) is 8.78 Å². The number of benzene rings is 2. The molecule has 0 fully saturated rings. The lowest BCUT2D eigenvalue weighted by Gasteiger charge is -2.15. The van der Waals surface area contributed by atoms with E-state index in [0.29, 0.717) is 0 Å². The molecule has 0 unspecified atom stereocenters. The minimum Gasteiger partial charge on any atom is -0.206 e. The Morgan fingerprint density at radius 2 is 1.57 bits per heavy atom. The maximum Gasteiger partial charge on any atom is 0.446 e. The normalized spacial score (nSPS) is 11.8. The van der Waals surface area contributed by atoms with Crippen molar-refractivity contribution in [3.63, 3.8) is 0 Å². The highest BCUT2D eigenvalue weighted by Gasteiger charge is 2.32. The molecule has 0 aliphatic heterocycles. The van der Waals surface area contributed by atoms with Crippen LogP contribution in [-0.4, -0.2) is 5.51 Å². The van der Waals surface area contributed by atoms with Gasteiger partial charge in [0.25, 0.3) is 0 Å². The number of hydrogen-bond donors (Lipinski definition) is 0. The Labute approximate surface area is 138 Å². The van der Waals surface area contributed by atoms with Crippen molar-refractivity contribution < 1.29 is 22.0 Å². The van der Waals surface area contributed by atoms with Crippen molar-refractivity contribution in [1.29, 1.82) is 0 Å². The van der Waals surface area contributed by atoms with Gasteiger partial charge in [-0.2, -0.15) is 13.2 Å². The molecule has 21 heavy (non-hydrogen) atoms. The Bertz CT molecular complexity index is 665. The number of hydrogen-bond acceptors (Lipinski definition) is 1. The maximum atomic E-state index is 13.9. The molecule has 2 aromatic rings. The van der Waals surface area contributed by atoms with Crippen LogP contribution in [0, 0.1) is 17.7 Å². The lowest BCUT2D eigenvalue weighted by atomic mass is 10.0. The summed E-state index contributed by atoms with van der Waals surface area (Å²) in [6.45, 7) is 0. The molecule has 0 bridgehead atoms. The van der Waals surface area contributed by atoms with Gasteiger partial charge in [-0.3, -0.25) is 0 Å². The molecule has 0 aliphatic rings. The van der Waals surface area contributed by atoms with Crippen molar-refractivity contribution in [3.05, 3.63) is 50.9 Å². The van der Waals surface area contributed by atoms with Gasteiger partial charge in [0.05, 0.1) is 5.56 Å². The van der Waals surface area contributed by atoms with E-state index in [0.717, 1.165) is 24.3 Å². The minimum atomic E-state index is -4.59. The molecule has 0 N–H and O–H groups in total. The molecule has 2 rings (SSSR count). The molecule has 2 aromatic carbocycles. The van der Waals surface area contributed by atoms with Crippen molar-refractivity contribution in [3.8, 4) is 11.1 Å². The van der Waals surface area contributed by atoms with Crippen molar-refractivity contribution in [2.45, 2.75) is 10.4 Å². The number of alkyl halides is 3. The van der Waals surface area contributed by atoms with Crippen LogP contribution in [0.5, 0.6) is 0 Å². The monoisotopic (exact) mass is 445 g/mol. The van der Waals surface area contributed by atoms with E-state index < -0.39 is 34.5 Å². The molecular weight excluding hydrogens is 443 g/mol. The third-order valence-corrected chi connectivity index (χ3v) is 4.19. The fraction of sp³-hybridized carbons (Fsp3) is 0.0769. The van der Waals surface area contributed by atoms with E-state index in [4.69, 9.17) is 0 Å².